The summed E-state index contributed by atoms with van der Waals surface area (Å²) in [7, 11) is 1.84. The lowest BCUT2D eigenvalue weighted by atomic mass is 9.90. The van der Waals surface area contributed by atoms with E-state index in [0.717, 1.165) is 34.1 Å². The van der Waals surface area contributed by atoms with E-state index < -0.39 is 23.8 Å². The predicted octanol–water partition coefficient (Wildman–Crippen LogP) is 7.10. The van der Waals surface area contributed by atoms with Gasteiger partial charge in [0.25, 0.3) is 0 Å². The molecule has 4 aromatic rings. The van der Waals surface area contributed by atoms with E-state index in [1.54, 1.807) is 28.9 Å². The first kappa shape index (κ1) is 26.0. The standard InChI is InChI=1S/C31H27F3N2O4/c1-17-13-26(36(2)35-17)18-3-5-19(6-4-18)30-24-10-12-27(23(24)9-11-25(30)31(32,33)34)40-21-7-8-22-20(14-29(37)38)16-39-28(22)15-21/h3-9,11,13,15,20,27H,10,12,14,16H2,1-2H3,(H,37,38)/t20?,27-/m1/s1. The topological polar surface area (TPSA) is 73.6 Å². The maximum atomic E-state index is 14.2. The molecule has 0 spiro atoms. The van der Waals surface area contributed by atoms with Gasteiger partial charge in [-0.3, -0.25) is 9.48 Å². The average molecular weight is 549 g/mol. The van der Waals surface area contributed by atoms with Crippen LogP contribution >= 0.6 is 0 Å². The number of aromatic nitrogens is 2. The molecule has 1 N–H and O–H groups in total. The second-order valence-electron chi connectivity index (χ2n) is 10.4. The van der Waals surface area contributed by atoms with Gasteiger partial charge in [0.05, 0.1) is 30.0 Å². The van der Waals surface area contributed by atoms with E-state index in [1.165, 1.54) is 6.07 Å². The Balaban J connectivity index is 1.32. The first-order valence-electron chi connectivity index (χ1n) is 13.1. The number of benzene rings is 3. The van der Waals surface area contributed by atoms with E-state index in [0.29, 0.717) is 42.1 Å². The molecule has 2 aliphatic rings. The molecule has 6 nitrogen and oxygen atoms in total. The minimum Gasteiger partial charge on any atom is -0.492 e. The van der Waals surface area contributed by atoms with Gasteiger partial charge in [-0.15, -0.1) is 0 Å². The van der Waals surface area contributed by atoms with Gasteiger partial charge in [-0.2, -0.15) is 18.3 Å². The summed E-state index contributed by atoms with van der Waals surface area (Å²) in [6, 6.07) is 17.1. The summed E-state index contributed by atoms with van der Waals surface area (Å²) in [6.07, 6.45) is -3.96. The monoisotopic (exact) mass is 548 g/mol. The van der Waals surface area contributed by atoms with Crippen molar-refractivity contribution in [2.75, 3.05) is 6.61 Å². The van der Waals surface area contributed by atoms with Crippen molar-refractivity contribution in [3.05, 3.63) is 88.6 Å². The SMILES string of the molecule is Cc1cc(-c2ccc(-c3c(C(F)(F)F)ccc4c3CC[C@H]4Oc3ccc4c(c3)OCC4CC(=O)O)cc2)n(C)n1. The molecule has 2 atom stereocenters. The van der Waals surface area contributed by atoms with Gasteiger partial charge in [-0.25, -0.2) is 0 Å². The molecule has 1 unspecified atom stereocenters. The maximum Gasteiger partial charge on any atom is 0.417 e. The van der Waals surface area contributed by atoms with Crippen molar-refractivity contribution >= 4 is 5.97 Å². The zero-order chi connectivity index (χ0) is 28.2. The number of nitrogens with zero attached hydrogens (tertiary/aromatic N) is 2. The van der Waals surface area contributed by atoms with Crippen LogP contribution in [0.3, 0.4) is 0 Å². The third kappa shape index (κ3) is 4.69. The number of rotatable bonds is 6. The number of halogens is 3. The Bertz CT molecular complexity index is 1610. The molecule has 1 aliphatic heterocycles. The first-order chi connectivity index (χ1) is 19.1. The van der Waals surface area contributed by atoms with Crippen molar-refractivity contribution in [1.82, 2.24) is 9.78 Å². The molecule has 0 fully saturated rings. The molecule has 0 radical (unpaired) electrons. The van der Waals surface area contributed by atoms with Crippen LogP contribution in [-0.2, 0) is 24.4 Å². The molecule has 1 aromatic heterocycles. The second kappa shape index (κ2) is 9.73. The summed E-state index contributed by atoms with van der Waals surface area (Å²) in [6.45, 7) is 2.19. The number of hydrogen-bond donors (Lipinski definition) is 1. The fraction of sp³-hybridized carbons (Fsp3) is 0.290. The van der Waals surface area contributed by atoms with Crippen molar-refractivity contribution in [2.24, 2.45) is 7.05 Å². The van der Waals surface area contributed by atoms with Crippen LogP contribution in [0.25, 0.3) is 22.4 Å². The number of carboxylic acids is 1. The second-order valence-corrected chi connectivity index (χ2v) is 10.4. The third-order valence-corrected chi connectivity index (χ3v) is 7.69. The highest BCUT2D eigenvalue weighted by Gasteiger charge is 2.38. The Morgan fingerprint density at radius 2 is 1.80 bits per heavy atom. The van der Waals surface area contributed by atoms with Gasteiger partial charge in [-0.05, 0) is 65.8 Å². The minimum absolute atomic E-state index is 0.0176. The van der Waals surface area contributed by atoms with Gasteiger partial charge in [0.2, 0.25) is 0 Å². The Morgan fingerprint density at radius 1 is 1.07 bits per heavy atom. The number of hydrogen-bond acceptors (Lipinski definition) is 4. The number of alkyl halides is 3. The van der Waals surface area contributed by atoms with Crippen LogP contribution in [0, 0.1) is 6.92 Å². The molecular formula is C31H27F3N2O4. The number of fused-ring (bicyclic) bond motifs is 2. The lowest BCUT2D eigenvalue weighted by Crippen LogP contribution is -2.10. The quantitative estimate of drug-likeness (QED) is 0.278. The van der Waals surface area contributed by atoms with Crippen LogP contribution < -0.4 is 9.47 Å². The van der Waals surface area contributed by atoms with Crippen molar-refractivity contribution in [2.45, 2.75) is 44.4 Å². The van der Waals surface area contributed by atoms with Crippen LogP contribution in [0.1, 0.15) is 52.8 Å². The fourth-order valence-corrected chi connectivity index (χ4v) is 5.92. The molecular weight excluding hydrogens is 521 g/mol. The summed E-state index contributed by atoms with van der Waals surface area (Å²) < 4.78 is 56.3. The average Bonchev–Trinajstić information content (AvgIpc) is 3.59. The smallest absolute Gasteiger partial charge is 0.417 e. The highest BCUT2D eigenvalue weighted by Crippen LogP contribution is 2.47. The fourth-order valence-electron chi connectivity index (χ4n) is 5.92. The van der Waals surface area contributed by atoms with E-state index in [9.17, 15) is 18.0 Å². The number of carbonyl (C=O) groups is 1. The highest BCUT2D eigenvalue weighted by atomic mass is 19.4. The van der Waals surface area contributed by atoms with Gasteiger partial charge < -0.3 is 14.6 Å². The van der Waals surface area contributed by atoms with Crippen LogP contribution in [0.2, 0.25) is 0 Å². The summed E-state index contributed by atoms with van der Waals surface area (Å²) in [5.41, 5.74) is 4.86. The minimum atomic E-state index is -4.51. The molecule has 3 aromatic carbocycles. The van der Waals surface area contributed by atoms with Crippen molar-refractivity contribution < 1.29 is 32.5 Å². The maximum absolute atomic E-state index is 14.2. The van der Waals surface area contributed by atoms with Gasteiger partial charge in [0.1, 0.15) is 17.6 Å². The molecule has 0 amide bonds. The Morgan fingerprint density at radius 3 is 2.48 bits per heavy atom. The van der Waals surface area contributed by atoms with Gasteiger partial charge in [-0.1, -0.05) is 36.4 Å². The van der Waals surface area contributed by atoms with Crippen LogP contribution in [0.15, 0.2) is 60.7 Å². The van der Waals surface area contributed by atoms with Crippen molar-refractivity contribution in [3.8, 4) is 33.9 Å². The summed E-state index contributed by atoms with van der Waals surface area (Å²) in [4.78, 5) is 11.1. The number of aryl methyl sites for hydroxylation is 2. The number of ether oxygens (including phenoxy) is 2. The Kier molecular flexibility index (Phi) is 6.32. The lowest BCUT2D eigenvalue weighted by molar-refractivity contribution is -0.138. The van der Waals surface area contributed by atoms with Gasteiger partial charge in [0.15, 0.2) is 0 Å². The molecule has 0 saturated carbocycles. The molecule has 6 rings (SSSR count). The van der Waals surface area contributed by atoms with E-state index in [2.05, 4.69) is 5.10 Å². The number of carboxylic acid groups (broad SMARTS) is 1. The normalized spacial score (nSPS) is 17.8. The van der Waals surface area contributed by atoms with Crippen molar-refractivity contribution in [3.63, 3.8) is 0 Å². The summed E-state index contributed by atoms with van der Waals surface area (Å²) >= 11 is 0. The number of aliphatic carboxylic acids is 1. The molecule has 206 valence electrons. The first-order valence-corrected chi connectivity index (χ1v) is 13.1. The molecule has 9 heteroatoms. The van der Waals surface area contributed by atoms with Gasteiger partial charge in [0, 0.05) is 24.6 Å². The predicted molar refractivity (Wildman–Crippen MR) is 142 cm³/mol. The zero-order valence-corrected chi connectivity index (χ0v) is 22.0. The molecule has 1 aliphatic carbocycles. The Labute approximate surface area is 229 Å². The molecule has 2 heterocycles. The third-order valence-electron chi connectivity index (χ3n) is 7.69. The Hall–Kier alpha value is -4.27. The lowest BCUT2D eigenvalue weighted by Gasteiger charge is -2.20. The summed E-state index contributed by atoms with van der Waals surface area (Å²) in [5, 5.41) is 13.5. The van der Waals surface area contributed by atoms with Crippen LogP contribution in [-0.4, -0.2) is 27.5 Å². The van der Waals surface area contributed by atoms with E-state index >= 15 is 0 Å². The zero-order valence-electron chi connectivity index (χ0n) is 22.0. The van der Waals surface area contributed by atoms with Crippen LogP contribution in [0.4, 0.5) is 13.2 Å². The van der Waals surface area contributed by atoms with E-state index in [4.69, 9.17) is 14.6 Å². The summed E-state index contributed by atoms with van der Waals surface area (Å²) in [5.74, 6) is 0.00844. The van der Waals surface area contributed by atoms with Crippen molar-refractivity contribution in [1.29, 1.82) is 0 Å². The molecule has 40 heavy (non-hydrogen) atoms. The van der Waals surface area contributed by atoms with Crippen LogP contribution in [0.5, 0.6) is 11.5 Å². The highest BCUT2D eigenvalue weighted by molar-refractivity contribution is 5.76. The van der Waals surface area contributed by atoms with Gasteiger partial charge >= 0.3 is 12.1 Å². The van der Waals surface area contributed by atoms with E-state index in [-0.39, 0.29) is 17.9 Å². The molecule has 0 bridgehead atoms. The largest absolute Gasteiger partial charge is 0.492 e. The molecule has 0 saturated heterocycles. The van der Waals surface area contributed by atoms with E-state index in [1.807, 2.05) is 38.2 Å².